The van der Waals surface area contributed by atoms with Crippen molar-refractivity contribution in [2.75, 3.05) is 11.9 Å². The maximum atomic E-state index is 4.34. The van der Waals surface area contributed by atoms with Crippen molar-refractivity contribution in [3.05, 3.63) is 48.5 Å². The van der Waals surface area contributed by atoms with Crippen molar-refractivity contribution in [2.45, 2.75) is 13.8 Å². The van der Waals surface area contributed by atoms with Crippen LogP contribution in [0, 0.1) is 5.92 Å². The Kier molecular flexibility index (Phi) is 3.42. The van der Waals surface area contributed by atoms with Crippen LogP contribution in [-0.2, 0) is 0 Å². The number of nitrogens with one attached hydrogen (secondary N) is 2. The number of H-pyrrole nitrogens is 1. The summed E-state index contributed by atoms with van der Waals surface area (Å²) in [5.41, 5.74) is 2.24. The van der Waals surface area contributed by atoms with Crippen molar-refractivity contribution in [2.24, 2.45) is 5.92 Å². The first-order chi connectivity index (χ1) is 9.74. The molecule has 0 aliphatic heterocycles. The molecule has 0 bridgehead atoms. The number of aromatic nitrogens is 2. The number of hydrogen-bond acceptors (Lipinski definition) is 2. The molecule has 3 aromatic rings. The summed E-state index contributed by atoms with van der Waals surface area (Å²) in [4.78, 5) is 0. The van der Waals surface area contributed by atoms with Crippen LogP contribution in [0.4, 0.5) is 5.82 Å². The summed E-state index contributed by atoms with van der Waals surface area (Å²) < 4.78 is 0. The molecule has 0 saturated carbocycles. The van der Waals surface area contributed by atoms with Gasteiger partial charge in [-0.15, -0.1) is 0 Å². The normalized spacial score (nSPS) is 11.2. The number of benzene rings is 2. The summed E-state index contributed by atoms with van der Waals surface area (Å²) in [6.45, 7) is 5.30. The highest BCUT2D eigenvalue weighted by Gasteiger charge is 2.07. The van der Waals surface area contributed by atoms with Crippen molar-refractivity contribution < 1.29 is 0 Å². The monoisotopic (exact) mass is 265 g/mol. The molecule has 0 amide bonds. The zero-order valence-corrected chi connectivity index (χ0v) is 11.9. The van der Waals surface area contributed by atoms with Crippen LogP contribution < -0.4 is 5.32 Å². The van der Waals surface area contributed by atoms with E-state index in [4.69, 9.17) is 0 Å². The van der Waals surface area contributed by atoms with Gasteiger partial charge in [-0.1, -0.05) is 56.3 Å². The molecule has 3 nitrogen and oxygen atoms in total. The van der Waals surface area contributed by atoms with Crippen LogP contribution in [0.25, 0.3) is 22.0 Å². The van der Waals surface area contributed by atoms with Crippen LogP contribution in [-0.4, -0.2) is 16.7 Å². The van der Waals surface area contributed by atoms with Crippen LogP contribution in [0.2, 0.25) is 0 Å². The number of anilines is 1. The Balaban J connectivity index is 1.95. The van der Waals surface area contributed by atoms with Crippen molar-refractivity contribution in [1.29, 1.82) is 0 Å². The fourth-order valence-electron chi connectivity index (χ4n) is 2.32. The molecule has 2 aromatic carbocycles. The molecule has 0 atom stereocenters. The summed E-state index contributed by atoms with van der Waals surface area (Å²) >= 11 is 0. The summed E-state index contributed by atoms with van der Waals surface area (Å²) in [6.07, 6.45) is 0. The number of rotatable bonds is 4. The molecule has 0 spiro atoms. The molecule has 3 heteroatoms. The number of aromatic amines is 1. The van der Waals surface area contributed by atoms with Crippen LogP contribution in [0.1, 0.15) is 13.8 Å². The van der Waals surface area contributed by atoms with Gasteiger partial charge in [0.25, 0.3) is 0 Å². The average Bonchev–Trinajstić information content (AvgIpc) is 2.93. The average molecular weight is 265 g/mol. The van der Waals surface area contributed by atoms with Gasteiger partial charge in [-0.3, -0.25) is 5.10 Å². The van der Waals surface area contributed by atoms with Gasteiger partial charge < -0.3 is 5.32 Å². The van der Waals surface area contributed by atoms with E-state index in [-0.39, 0.29) is 0 Å². The second-order valence-corrected chi connectivity index (χ2v) is 5.47. The second-order valence-electron chi connectivity index (χ2n) is 5.47. The smallest absolute Gasteiger partial charge is 0.148 e. The third-order valence-corrected chi connectivity index (χ3v) is 3.35. The highest BCUT2D eigenvalue weighted by Crippen LogP contribution is 2.28. The maximum Gasteiger partial charge on any atom is 0.148 e. The largest absolute Gasteiger partial charge is 0.368 e. The fourth-order valence-corrected chi connectivity index (χ4v) is 2.32. The molecular formula is C17H19N3. The van der Waals surface area contributed by atoms with Crippen molar-refractivity contribution >= 4 is 16.6 Å². The van der Waals surface area contributed by atoms with E-state index in [9.17, 15) is 0 Å². The van der Waals surface area contributed by atoms with E-state index in [1.807, 2.05) is 0 Å². The molecule has 2 N–H and O–H groups in total. The van der Waals surface area contributed by atoms with Gasteiger partial charge in [0, 0.05) is 18.2 Å². The molecule has 1 heterocycles. The Labute approximate surface area is 119 Å². The molecule has 0 unspecified atom stereocenters. The lowest BCUT2D eigenvalue weighted by molar-refractivity contribution is 0.687. The highest BCUT2D eigenvalue weighted by atomic mass is 15.2. The summed E-state index contributed by atoms with van der Waals surface area (Å²) in [6, 6.07) is 16.8. The zero-order chi connectivity index (χ0) is 13.9. The van der Waals surface area contributed by atoms with Gasteiger partial charge in [-0.2, -0.15) is 5.10 Å². The number of fused-ring (bicyclic) bond motifs is 1. The van der Waals surface area contributed by atoms with Crippen LogP contribution in [0.5, 0.6) is 0 Å². The molecule has 3 rings (SSSR count). The molecule has 0 aliphatic carbocycles. The SMILES string of the molecule is CC(C)CNc1cc(-c2cccc3ccccc23)[nH]n1. The molecule has 0 aliphatic rings. The van der Waals surface area contributed by atoms with E-state index in [1.54, 1.807) is 0 Å². The Morgan fingerprint density at radius 2 is 1.90 bits per heavy atom. The van der Waals surface area contributed by atoms with E-state index in [1.165, 1.54) is 16.3 Å². The fraction of sp³-hybridized carbons (Fsp3) is 0.235. The van der Waals surface area contributed by atoms with E-state index in [0.717, 1.165) is 18.1 Å². The lowest BCUT2D eigenvalue weighted by Crippen LogP contribution is -2.07. The second kappa shape index (κ2) is 5.37. The highest BCUT2D eigenvalue weighted by molar-refractivity contribution is 5.96. The van der Waals surface area contributed by atoms with Gasteiger partial charge in [0.05, 0.1) is 5.69 Å². The van der Waals surface area contributed by atoms with Crippen molar-refractivity contribution in [3.8, 4) is 11.3 Å². The van der Waals surface area contributed by atoms with Crippen molar-refractivity contribution in [1.82, 2.24) is 10.2 Å². The quantitative estimate of drug-likeness (QED) is 0.738. The van der Waals surface area contributed by atoms with E-state index < -0.39 is 0 Å². The van der Waals surface area contributed by atoms with Crippen LogP contribution in [0.3, 0.4) is 0 Å². The molecule has 102 valence electrons. The molecule has 0 fully saturated rings. The zero-order valence-electron chi connectivity index (χ0n) is 11.9. The first kappa shape index (κ1) is 12.7. The third-order valence-electron chi connectivity index (χ3n) is 3.35. The van der Waals surface area contributed by atoms with Gasteiger partial charge in [-0.05, 0) is 16.7 Å². The van der Waals surface area contributed by atoms with Crippen LogP contribution >= 0.6 is 0 Å². The van der Waals surface area contributed by atoms with Gasteiger partial charge >= 0.3 is 0 Å². The third kappa shape index (κ3) is 2.52. The predicted octanol–water partition coefficient (Wildman–Crippen LogP) is 4.30. The maximum absolute atomic E-state index is 4.34. The van der Waals surface area contributed by atoms with E-state index in [0.29, 0.717) is 5.92 Å². The van der Waals surface area contributed by atoms with E-state index >= 15 is 0 Å². The molecule has 0 saturated heterocycles. The predicted molar refractivity (Wildman–Crippen MR) is 84.9 cm³/mol. The van der Waals surface area contributed by atoms with Gasteiger partial charge in [0.1, 0.15) is 5.82 Å². The topological polar surface area (TPSA) is 40.7 Å². The summed E-state index contributed by atoms with van der Waals surface area (Å²) in [5, 5.41) is 13.3. The Hall–Kier alpha value is -2.29. The Morgan fingerprint density at radius 3 is 2.75 bits per heavy atom. The van der Waals surface area contributed by atoms with Gasteiger partial charge in [0.15, 0.2) is 0 Å². The lowest BCUT2D eigenvalue weighted by Gasteiger charge is -2.05. The lowest BCUT2D eigenvalue weighted by atomic mass is 10.0. The number of nitrogens with zero attached hydrogens (tertiary/aromatic N) is 1. The first-order valence-corrected chi connectivity index (χ1v) is 7.01. The minimum Gasteiger partial charge on any atom is -0.368 e. The minimum atomic E-state index is 0.604. The standard InChI is InChI=1S/C17H19N3/c1-12(2)11-18-17-10-16(19-20-17)15-9-5-7-13-6-3-4-8-14(13)15/h3-10,12H,11H2,1-2H3,(H2,18,19,20). The summed E-state index contributed by atoms with van der Waals surface area (Å²) in [7, 11) is 0. The Bertz CT molecular complexity index is 708. The first-order valence-electron chi connectivity index (χ1n) is 7.01. The number of hydrogen-bond donors (Lipinski definition) is 2. The van der Waals surface area contributed by atoms with Gasteiger partial charge in [0.2, 0.25) is 0 Å². The molecular weight excluding hydrogens is 246 g/mol. The Morgan fingerprint density at radius 1 is 1.10 bits per heavy atom. The summed E-state index contributed by atoms with van der Waals surface area (Å²) in [5.74, 6) is 1.51. The molecule has 0 radical (unpaired) electrons. The van der Waals surface area contributed by atoms with Gasteiger partial charge in [-0.25, -0.2) is 0 Å². The van der Waals surface area contributed by atoms with E-state index in [2.05, 4.69) is 77.9 Å². The molecule has 20 heavy (non-hydrogen) atoms. The van der Waals surface area contributed by atoms with Crippen molar-refractivity contribution in [3.63, 3.8) is 0 Å². The van der Waals surface area contributed by atoms with Crippen LogP contribution in [0.15, 0.2) is 48.5 Å². The molecule has 1 aromatic heterocycles. The minimum absolute atomic E-state index is 0.604.